The summed E-state index contributed by atoms with van der Waals surface area (Å²) < 4.78 is 28.8. The predicted octanol–water partition coefficient (Wildman–Crippen LogP) is 0.960. The molecule has 2 atom stereocenters. The summed E-state index contributed by atoms with van der Waals surface area (Å²) in [7, 11) is -1.51. The maximum absolute atomic E-state index is 12.2. The summed E-state index contributed by atoms with van der Waals surface area (Å²) in [6.07, 6.45) is 7.12. The second-order valence-electron chi connectivity index (χ2n) is 5.41. The molecule has 2 unspecified atom stereocenters. The summed E-state index contributed by atoms with van der Waals surface area (Å²) >= 11 is 0. The molecular formula is C13H24N4O2S. The van der Waals surface area contributed by atoms with Crippen molar-refractivity contribution < 1.29 is 8.42 Å². The topological polar surface area (TPSA) is 76.0 Å². The first kappa shape index (κ1) is 15.5. The molecule has 0 radical (unpaired) electrons. The molecule has 1 saturated carbocycles. The number of nitrogens with one attached hydrogen (secondary N) is 2. The largest absolute Gasteiger partial charge is 0.320 e. The van der Waals surface area contributed by atoms with Crippen LogP contribution in [0.3, 0.4) is 0 Å². The van der Waals surface area contributed by atoms with Gasteiger partial charge in [0.2, 0.25) is 10.0 Å². The Labute approximate surface area is 121 Å². The highest BCUT2D eigenvalue weighted by Crippen LogP contribution is 2.35. The van der Waals surface area contributed by atoms with Crippen LogP contribution in [0.1, 0.15) is 32.6 Å². The zero-order valence-corrected chi connectivity index (χ0v) is 13.0. The normalized spacial score (nSPS) is 22.1. The van der Waals surface area contributed by atoms with Crippen LogP contribution in [0.4, 0.5) is 0 Å². The summed E-state index contributed by atoms with van der Waals surface area (Å²) in [6, 6.07) is 0.118. The highest BCUT2D eigenvalue weighted by Gasteiger charge is 2.39. The Hall–Kier alpha value is -0.920. The lowest BCUT2D eigenvalue weighted by atomic mass is 10.2. The molecule has 6 nitrogen and oxygen atoms in total. The van der Waals surface area contributed by atoms with Gasteiger partial charge in [-0.25, -0.2) is 13.1 Å². The molecule has 1 fully saturated rings. The van der Waals surface area contributed by atoms with Crippen LogP contribution >= 0.6 is 0 Å². The highest BCUT2D eigenvalue weighted by molar-refractivity contribution is 7.89. The number of aromatic nitrogens is 2. The van der Waals surface area contributed by atoms with Gasteiger partial charge in [0.1, 0.15) is 4.90 Å². The van der Waals surface area contributed by atoms with E-state index < -0.39 is 10.0 Å². The molecule has 2 N–H and O–H groups in total. The molecule has 0 spiro atoms. The van der Waals surface area contributed by atoms with E-state index >= 15 is 0 Å². The molecule has 1 aromatic heterocycles. The van der Waals surface area contributed by atoms with Crippen LogP contribution in [0.2, 0.25) is 0 Å². The van der Waals surface area contributed by atoms with E-state index in [-0.39, 0.29) is 10.9 Å². The number of rotatable bonds is 9. The van der Waals surface area contributed by atoms with E-state index in [2.05, 4.69) is 22.1 Å². The molecule has 0 aromatic carbocycles. The maximum atomic E-state index is 12.2. The van der Waals surface area contributed by atoms with Crippen LogP contribution in [0.5, 0.6) is 0 Å². The van der Waals surface area contributed by atoms with E-state index in [4.69, 9.17) is 0 Å². The summed E-state index contributed by atoms with van der Waals surface area (Å²) in [5, 5.41) is 7.16. The minimum absolute atomic E-state index is 0.118. The fourth-order valence-corrected chi connectivity index (χ4v) is 3.64. The molecule has 1 aliphatic rings. The van der Waals surface area contributed by atoms with Crippen molar-refractivity contribution in [3.05, 3.63) is 12.4 Å². The van der Waals surface area contributed by atoms with Crippen molar-refractivity contribution in [2.45, 2.75) is 50.1 Å². The fourth-order valence-electron chi connectivity index (χ4n) is 2.37. The maximum Gasteiger partial charge on any atom is 0.243 e. The molecule has 0 aliphatic heterocycles. The van der Waals surface area contributed by atoms with Crippen molar-refractivity contribution in [2.75, 3.05) is 13.6 Å². The SMILES string of the molecule is CCCC1CC1NS(=O)(=O)c1cnn(CCCNC)c1. The van der Waals surface area contributed by atoms with Gasteiger partial charge in [0, 0.05) is 18.8 Å². The third-order valence-corrected chi connectivity index (χ3v) is 5.07. The highest BCUT2D eigenvalue weighted by atomic mass is 32.2. The minimum Gasteiger partial charge on any atom is -0.320 e. The van der Waals surface area contributed by atoms with Gasteiger partial charge in [0.05, 0.1) is 6.20 Å². The number of sulfonamides is 1. The number of hydrogen-bond acceptors (Lipinski definition) is 4. The Balaban J connectivity index is 1.89. The van der Waals surface area contributed by atoms with E-state index in [0.717, 1.165) is 38.8 Å². The van der Waals surface area contributed by atoms with Gasteiger partial charge in [-0.3, -0.25) is 4.68 Å². The molecule has 114 valence electrons. The van der Waals surface area contributed by atoms with E-state index in [1.165, 1.54) is 6.20 Å². The first-order valence-electron chi connectivity index (χ1n) is 7.26. The van der Waals surface area contributed by atoms with Gasteiger partial charge in [0.25, 0.3) is 0 Å². The number of aryl methyl sites for hydroxylation is 1. The van der Waals surface area contributed by atoms with E-state index in [9.17, 15) is 8.42 Å². The molecule has 20 heavy (non-hydrogen) atoms. The lowest BCUT2D eigenvalue weighted by Crippen LogP contribution is -2.26. The van der Waals surface area contributed by atoms with Crippen LogP contribution < -0.4 is 10.0 Å². The van der Waals surface area contributed by atoms with Crippen molar-refractivity contribution in [3.63, 3.8) is 0 Å². The summed E-state index contributed by atoms with van der Waals surface area (Å²) in [5.74, 6) is 0.514. The third kappa shape index (κ3) is 4.04. The smallest absolute Gasteiger partial charge is 0.243 e. The lowest BCUT2D eigenvalue weighted by molar-refractivity contribution is 0.559. The quantitative estimate of drug-likeness (QED) is 0.666. The van der Waals surface area contributed by atoms with Gasteiger partial charge < -0.3 is 5.32 Å². The minimum atomic E-state index is -3.41. The van der Waals surface area contributed by atoms with Crippen molar-refractivity contribution in [2.24, 2.45) is 5.92 Å². The monoisotopic (exact) mass is 300 g/mol. The van der Waals surface area contributed by atoms with Crippen molar-refractivity contribution in [1.29, 1.82) is 0 Å². The van der Waals surface area contributed by atoms with Gasteiger partial charge in [-0.05, 0) is 38.8 Å². The van der Waals surface area contributed by atoms with E-state index in [1.807, 2.05) is 7.05 Å². The molecular weight excluding hydrogens is 276 g/mol. The second-order valence-corrected chi connectivity index (χ2v) is 7.12. The fraction of sp³-hybridized carbons (Fsp3) is 0.769. The standard InChI is InChI=1S/C13H24N4O2S/c1-3-5-11-8-13(11)16-20(18,19)12-9-15-17(10-12)7-4-6-14-2/h9-11,13-14,16H,3-8H2,1-2H3. The molecule has 1 aromatic rings. The van der Waals surface area contributed by atoms with E-state index in [1.54, 1.807) is 10.9 Å². The third-order valence-electron chi connectivity index (χ3n) is 3.62. The van der Waals surface area contributed by atoms with Gasteiger partial charge in [-0.1, -0.05) is 13.3 Å². The van der Waals surface area contributed by atoms with Crippen molar-refractivity contribution in [3.8, 4) is 0 Å². The molecule has 0 saturated heterocycles. The average Bonchev–Trinajstić information content (AvgIpc) is 2.92. The van der Waals surface area contributed by atoms with Crippen LogP contribution in [0, 0.1) is 5.92 Å². The molecule has 1 aliphatic carbocycles. The zero-order valence-electron chi connectivity index (χ0n) is 12.2. The Kier molecular flexibility index (Phi) is 5.17. The van der Waals surface area contributed by atoms with Crippen LogP contribution in [-0.4, -0.2) is 37.8 Å². The Morgan fingerprint density at radius 2 is 2.30 bits per heavy atom. The van der Waals surface area contributed by atoms with Crippen molar-refractivity contribution >= 4 is 10.0 Å². The molecule has 0 amide bonds. The second kappa shape index (κ2) is 6.69. The lowest BCUT2D eigenvalue weighted by Gasteiger charge is -2.03. The Morgan fingerprint density at radius 1 is 1.50 bits per heavy atom. The molecule has 7 heteroatoms. The first-order valence-corrected chi connectivity index (χ1v) is 8.74. The average molecular weight is 300 g/mol. The van der Waals surface area contributed by atoms with Crippen LogP contribution in [0.25, 0.3) is 0 Å². The number of nitrogens with zero attached hydrogens (tertiary/aromatic N) is 2. The molecule has 1 heterocycles. The Bertz CT molecular complexity index is 526. The van der Waals surface area contributed by atoms with Gasteiger partial charge in [0.15, 0.2) is 0 Å². The zero-order chi connectivity index (χ0) is 14.6. The van der Waals surface area contributed by atoms with Crippen LogP contribution in [0.15, 0.2) is 17.3 Å². The molecule has 0 bridgehead atoms. The van der Waals surface area contributed by atoms with Gasteiger partial charge >= 0.3 is 0 Å². The van der Waals surface area contributed by atoms with Gasteiger partial charge in [-0.2, -0.15) is 5.10 Å². The predicted molar refractivity (Wildman–Crippen MR) is 77.9 cm³/mol. The van der Waals surface area contributed by atoms with Gasteiger partial charge in [-0.15, -0.1) is 0 Å². The first-order chi connectivity index (χ1) is 9.56. The van der Waals surface area contributed by atoms with Crippen LogP contribution in [-0.2, 0) is 16.6 Å². The summed E-state index contributed by atoms with van der Waals surface area (Å²) in [5.41, 5.74) is 0. The summed E-state index contributed by atoms with van der Waals surface area (Å²) in [6.45, 7) is 3.73. The summed E-state index contributed by atoms with van der Waals surface area (Å²) in [4.78, 5) is 0.268. The number of hydrogen-bond donors (Lipinski definition) is 2. The molecule has 2 rings (SSSR count). The van der Waals surface area contributed by atoms with E-state index in [0.29, 0.717) is 5.92 Å². The Morgan fingerprint density at radius 3 is 3.00 bits per heavy atom. The van der Waals surface area contributed by atoms with Crippen molar-refractivity contribution in [1.82, 2.24) is 19.8 Å².